The fourth-order valence-corrected chi connectivity index (χ4v) is 2.24. The molecule has 2 rings (SSSR count). The van der Waals surface area contributed by atoms with Crippen LogP contribution in [0, 0.1) is 0 Å². The highest BCUT2D eigenvalue weighted by Crippen LogP contribution is 2.26. The monoisotopic (exact) mass is 328 g/mol. The van der Waals surface area contributed by atoms with Crippen LogP contribution in [-0.4, -0.2) is 16.2 Å². The van der Waals surface area contributed by atoms with Gasteiger partial charge in [-0.25, -0.2) is 4.98 Å². The Morgan fingerprint density at radius 3 is 2.89 bits per heavy atom. The van der Waals surface area contributed by atoms with E-state index in [4.69, 9.17) is 16.3 Å². The first-order chi connectivity index (χ1) is 8.70. The summed E-state index contributed by atoms with van der Waals surface area (Å²) in [5.74, 6) is 1.72. The van der Waals surface area contributed by atoms with Gasteiger partial charge in [-0.2, -0.15) is 0 Å². The summed E-state index contributed by atoms with van der Waals surface area (Å²) in [6.45, 7) is 0.568. The van der Waals surface area contributed by atoms with Gasteiger partial charge in [0.1, 0.15) is 11.6 Å². The third kappa shape index (κ3) is 3.27. The summed E-state index contributed by atoms with van der Waals surface area (Å²) in [6.07, 6.45) is 4.47. The minimum atomic E-state index is 0.568. The Morgan fingerprint density at radius 2 is 2.28 bits per heavy atom. The maximum atomic E-state index is 6.13. The van der Waals surface area contributed by atoms with Crippen molar-refractivity contribution in [3.8, 4) is 5.75 Å². The third-order valence-corrected chi connectivity index (χ3v) is 3.60. The van der Waals surface area contributed by atoms with Crippen molar-refractivity contribution < 1.29 is 4.74 Å². The van der Waals surface area contributed by atoms with Gasteiger partial charge < -0.3 is 9.30 Å². The number of hydrogen-bond acceptors (Lipinski definition) is 2. The van der Waals surface area contributed by atoms with Gasteiger partial charge in [-0.05, 0) is 17.7 Å². The lowest BCUT2D eigenvalue weighted by molar-refractivity contribution is 0.317. The molecule has 0 unspecified atom stereocenters. The predicted octanol–water partition coefficient (Wildman–Crippen LogP) is 3.59. The standard InChI is InChI=1S/C13H14BrClN2O/c1-17-6-5-16-13(17)4-7-18-12-3-2-10(9-14)8-11(12)15/h2-3,5-6,8H,4,7,9H2,1H3. The molecule has 0 spiro atoms. The number of imidazole rings is 1. The lowest BCUT2D eigenvalue weighted by Gasteiger charge is -2.09. The SMILES string of the molecule is Cn1ccnc1CCOc1ccc(CBr)cc1Cl. The Bertz CT molecular complexity index is 527. The molecule has 0 saturated heterocycles. The first-order valence-electron chi connectivity index (χ1n) is 5.64. The van der Waals surface area contributed by atoms with Crippen LogP contribution in [0.3, 0.4) is 0 Å². The van der Waals surface area contributed by atoms with Crippen molar-refractivity contribution in [3.63, 3.8) is 0 Å². The van der Waals surface area contributed by atoms with E-state index in [2.05, 4.69) is 20.9 Å². The highest BCUT2D eigenvalue weighted by atomic mass is 79.9. The van der Waals surface area contributed by atoms with Gasteiger partial charge in [0.15, 0.2) is 0 Å². The van der Waals surface area contributed by atoms with Gasteiger partial charge in [-0.15, -0.1) is 0 Å². The molecule has 0 N–H and O–H groups in total. The summed E-state index contributed by atoms with van der Waals surface area (Å²) in [5.41, 5.74) is 1.14. The molecule has 18 heavy (non-hydrogen) atoms. The predicted molar refractivity (Wildman–Crippen MR) is 76.5 cm³/mol. The molecule has 0 bridgehead atoms. The summed E-state index contributed by atoms with van der Waals surface area (Å²) in [7, 11) is 1.97. The van der Waals surface area contributed by atoms with Crippen LogP contribution in [0.2, 0.25) is 5.02 Å². The zero-order chi connectivity index (χ0) is 13.0. The summed E-state index contributed by atoms with van der Waals surface area (Å²) < 4.78 is 7.65. The number of benzene rings is 1. The van der Waals surface area contributed by atoms with E-state index in [1.165, 1.54) is 0 Å². The number of hydrogen-bond donors (Lipinski definition) is 0. The zero-order valence-corrected chi connectivity index (χ0v) is 12.4. The van der Waals surface area contributed by atoms with E-state index < -0.39 is 0 Å². The zero-order valence-electron chi connectivity index (χ0n) is 10.1. The maximum Gasteiger partial charge on any atom is 0.137 e. The van der Waals surface area contributed by atoms with Gasteiger partial charge in [-0.1, -0.05) is 33.6 Å². The van der Waals surface area contributed by atoms with Crippen molar-refractivity contribution in [1.82, 2.24) is 9.55 Å². The van der Waals surface area contributed by atoms with Crippen molar-refractivity contribution in [2.75, 3.05) is 6.61 Å². The number of alkyl halides is 1. The minimum absolute atomic E-state index is 0.568. The Hall–Kier alpha value is -1.000. The molecule has 3 nitrogen and oxygen atoms in total. The average molecular weight is 330 g/mol. The molecular weight excluding hydrogens is 316 g/mol. The fourth-order valence-electron chi connectivity index (χ4n) is 1.63. The summed E-state index contributed by atoms with van der Waals surface area (Å²) in [4.78, 5) is 4.24. The lowest BCUT2D eigenvalue weighted by atomic mass is 10.2. The maximum absolute atomic E-state index is 6.13. The van der Waals surface area contributed by atoms with Gasteiger partial charge in [0.25, 0.3) is 0 Å². The number of rotatable bonds is 5. The van der Waals surface area contributed by atoms with Crippen molar-refractivity contribution in [3.05, 3.63) is 47.0 Å². The quantitative estimate of drug-likeness (QED) is 0.784. The number of aromatic nitrogens is 2. The molecule has 1 heterocycles. The second-order valence-electron chi connectivity index (χ2n) is 3.95. The first-order valence-corrected chi connectivity index (χ1v) is 7.14. The highest BCUT2D eigenvalue weighted by Gasteiger charge is 2.04. The highest BCUT2D eigenvalue weighted by molar-refractivity contribution is 9.08. The molecule has 1 aromatic carbocycles. The molecule has 96 valence electrons. The second-order valence-corrected chi connectivity index (χ2v) is 4.92. The Kier molecular flexibility index (Phi) is 4.66. The van der Waals surface area contributed by atoms with Crippen LogP contribution in [0.15, 0.2) is 30.6 Å². The van der Waals surface area contributed by atoms with E-state index in [0.29, 0.717) is 11.6 Å². The van der Waals surface area contributed by atoms with Gasteiger partial charge in [0, 0.05) is 31.2 Å². The van der Waals surface area contributed by atoms with Crippen molar-refractivity contribution in [2.24, 2.45) is 7.05 Å². The Morgan fingerprint density at radius 1 is 1.44 bits per heavy atom. The number of halogens is 2. The van der Waals surface area contributed by atoms with Crippen LogP contribution in [0.4, 0.5) is 0 Å². The van der Waals surface area contributed by atoms with E-state index in [-0.39, 0.29) is 0 Å². The molecule has 1 aromatic heterocycles. The minimum Gasteiger partial charge on any atom is -0.492 e. The summed E-state index contributed by atoms with van der Waals surface area (Å²) in [6, 6.07) is 5.81. The molecule has 0 amide bonds. The molecular formula is C13H14BrClN2O. The molecule has 0 atom stereocenters. The average Bonchev–Trinajstić information content (AvgIpc) is 2.77. The molecule has 5 heteroatoms. The molecule has 2 aromatic rings. The molecule has 0 fully saturated rings. The number of nitrogens with zero attached hydrogens (tertiary/aromatic N) is 2. The number of aryl methyl sites for hydroxylation is 1. The van der Waals surface area contributed by atoms with Gasteiger partial charge >= 0.3 is 0 Å². The smallest absolute Gasteiger partial charge is 0.137 e. The van der Waals surface area contributed by atoms with Crippen LogP contribution >= 0.6 is 27.5 Å². The van der Waals surface area contributed by atoms with Crippen molar-refractivity contribution >= 4 is 27.5 Å². The van der Waals surface area contributed by atoms with Crippen LogP contribution < -0.4 is 4.74 Å². The Balaban J connectivity index is 1.92. The van der Waals surface area contributed by atoms with E-state index in [9.17, 15) is 0 Å². The molecule has 0 aliphatic rings. The van der Waals surface area contributed by atoms with Crippen LogP contribution in [-0.2, 0) is 18.8 Å². The van der Waals surface area contributed by atoms with E-state index >= 15 is 0 Å². The second kappa shape index (κ2) is 6.25. The van der Waals surface area contributed by atoms with E-state index in [0.717, 1.165) is 28.9 Å². The first kappa shape index (κ1) is 13.4. The summed E-state index contributed by atoms with van der Waals surface area (Å²) in [5, 5.41) is 1.44. The largest absolute Gasteiger partial charge is 0.492 e. The van der Waals surface area contributed by atoms with Crippen molar-refractivity contribution in [2.45, 2.75) is 11.8 Å². The van der Waals surface area contributed by atoms with Gasteiger partial charge in [0.05, 0.1) is 11.6 Å². The topological polar surface area (TPSA) is 27.1 Å². The summed E-state index contributed by atoms with van der Waals surface area (Å²) >= 11 is 9.53. The molecule has 0 radical (unpaired) electrons. The number of ether oxygens (including phenoxy) is 1. The van der Waals surface area contributed by atoms with E-state index in [1.807, 2.05) is 36.0 Å². The molecule has 0 aliphatic heterocycles. The third-order valence-electron chi connectivity index (χ3n) is 2.65. The fraction of sp³-hybridized carbons (Fsp3) is 0.308. The normalized spacial score (nSPS) is 10.6. The molecule has 0 aliphatic carbocycles. The van der Waals surface area contributed by atoms with Crippen molar-refractivity contribution in [1.29, 1.82) is 0 Å². The lowest BCUT2D eigenvalue weighted by Crippen LogP contribution is -2.06. The van der Waals surface area contributed by atoms with Crippen LogP contribution in [0.25, 0.3) is 0 Å². The Labute approximate surface area is 120 Å². The van der Waals surface area contributed by atoms with Crippen LogP contribution in [0.5, 0.6) is 5.75 Å². The van der Waals surface area contributed by atoms with E-state index in [1.54, 1.807) is 6.20 Å². The van der Waals surface area contributed by atoms with Gasteiger partial charge in [-0.3, -0.25) is 0 Å². The van der Waals surface area contributed by atoms with Gasteiger partial charge in [0.2, 0.25) is 0 Å². The molecule has 0 saturated carbocycles. The van der Waals surface area contributed by atoms with Crippen LogP contribution in [0.1, 0.15) is 11.4 Å².